The lowest BCUT2D eigenvalue weighted by molar-refractivity contribution is -0.0504. The minimum absolute atomic E-state index is 0.0359. The zero-order valence-corrected chi connectivity index (χ0v) is 15.4. The third-order valence-corrected chi connectivity index (χ3v) is 4.25. The second kappa shape index (κ2) is 9.25. The van der Waals surface area contributed by atoms with Crippen molar-refractivity contribution >= 4 is 6.03 Å². The van der Waals surface area contributed by atoms with E-state index in [9.17, 15) is 13.6 Å². The van der Waals surface area contributed by atoms with Gasteiger partial charge in [0.15, 0.2) is 11.5 Å². The molecule has 0 saturated carbocycles. The number of carbonyl (C=O) groups excluding carboxylic acids is 1. The van der Waals surface area contributed by atoms with Gasteiger partial charge in [0.05, 0.1) is 19.3 Å². The Morgan fingerprint density at radius 3 is 2.68 bits per heavy atom. The molecular weight excluding hydrogens is 370 g/mol. The minimum atomic E-state index is -2.92. The highest BCUT2D eigenvalue weighted by Gasteiger charge is 2.16. The number of carbonyl (C=O) groups is 1. The predicted molar refractivity (Wildman–Crippen MR) is 98.9 cm³/mol. The molecule has 6 nitrogen and oxygen atoms in total. The van der Waals surface area contributed by atoms with Crippen LogP contribution in [0.2, 0.25) is 0 Å². The number of amides is 2. The van der Waals surface area contributed by atoms with E-state index in [1.807, 2.05) is 25.1 Å². The Morgan fingerprint density at radius 1 is 1.14 bits per heavy atom. The van der Waals surface area contributed by atoms with E-state index < -0.39 is 12.6 Å². The van der Waals surface area contributed by atoms with Gasteiger partial charge in [-0.2, -0.15) is 8.78 Å². The van der Waals surface area contributed by atoms with Crippen molar-refractivity contribution in [3.63, 3.8) is 0 Å². The zero-order chi connectivity index (χ0) is 19.9. The van der Waals surface area contributed by atoms with Crippen LogP contribution in [0.15, 0.2) is 42.5 Å². The van der Waals surface area contributed by atoms with E-state index in [2.05, 4.69) is 15.4 Å². The lowest BCUT2D eigenvalue weighted by Crippen LogP contribution is -2.36. The van der Waals surface area contributed by atoms with Crippen LogP contribution >= 0.6 is 0 Å². The molecule has 2 aromatic carbocycles. The number of para-hydroxylation sites is 1. The Kier molecular flexibility index (Phi) is 6.52. The Balaban J connectivity index is 1.57. The standard InChI is InChI=1S/C20H22F2N2O4/c1-13(14-7-8-17-18(11-14)27-10-4-9-26-17)24-20(25)23-12-15-5-2-3-6-16(15)28-19(21)22/h2-3,5-8,11,13,19H,4,9-10,12H2,1H3,(H2,23,24,25). The van der Waals surface area contributed by atoms with Crippen molar-refractivity contribution in [1.82, 2.24) is 10.6 Å². The number of fused-ring (bicyclic) bond motifs is 1. The van der Waals surface area contributed by atoms with Crippen LogP contribution in [0.4, 0.5) is 13.6 Å². The van der Waals surface area contributed by atoms with Crippen LogP contribution in [-0.2, 0) is 6.54 Å². The van der Waals surface area contributed by atoms with Gasteiger partial charge in [-0.25, -0.2) is 4.79 Å². The molecule has 0 aromatic heterocycles. The van der Waals surface area contributed by atoms with Gasteiger partial charge in [0.1, 0.15) is 5.75 Å². The van der Waals surface area contributed by atoms with E-state index in [1.54, 1.807) is 18.2 Å². The van der Waals surface area contributed by atoms with E-state index in [1.165, 1.54) is 6.07 Å². The molecule has 28 heavy (non-hydrogen) atoms. The first-order valence-corrected chi connectivity index (χ1v) is 8.99. The van der Waals surface area contributed by atoms with Crippen molar-refractivity contribution in [3.8, 4) is 17.2 Å². The van der Waals surface area contributed by atoms with Crippen LogP contribution in [0.3, 0.4) is 0 Å². The normalized spacial score (nSPS) is 14.1. The summed E-state index contributed by atoms with van der Waals surface area (Å²) < 4.78 is 40.7. The third-order valence-electron chi connectivity index (χ3n) is 4.25. The highest BCUT2D eigenvalue weighted by molar-refractivity contribution is 5.74. The van der Waals surface area contributed by atoms with Gasteiger partial charge >= 0.3 is 12.6 Å². The molecule has 0 fully saturated rings. The Morgan fingerprint density at radius 2 is 1.89 bits per heavy atom. The van der Waals surface area contributed by atoms with E-state index in [0.29, 0.717) is 30.3 Å². The smallest absolute Gasteiger partial charge is 0.387 e. The molecule has 1 atom stereocenters. The maximum Gasteiger partial charge on any atom is 0.387 e. The first-order valence-electron chi connectivity index (χ1n) is 8.99. The first kappa shape index (κ1) is 19.7. The maximum atomic E-state index is 12.5. The minimum Gasteiger partial charge on any atom is -0.490 e. The van der Waals surface area contributed by atoms with Crippen LogP contribution in [-0.4, -0.2) is 25.9 Å². The average molecular weight is 392 g/mol. The summed E-state index contributed by atoms with van der Waals surface area (Å²) in [5, 5.41) is 5.47. The number of nitrogens with one attached hydrogen (secondary N) is 2. The molecule has 2 aromatic rings. The fourth-order valence-electron chi connectivity index (χ4n) is 2.82. The highest BCUT2D eigenvalue weighted by atomic mass is 19.3. The number of urea groups is 1. The Bertz CT molecular complexity index is 817. The summed E-state index contributed by atoms with van der Waals surface area (Å²) in [7, 11) is 0. The molecule has 0 spiro atoms. The summed E-state index contributed by atoms with van der Waals surface area (Å²) in [6.07, 6.45) is 0.816. The number of benzene rings is 2. The molecule has 0 aliphatic carbocycles. The summed E-state index contributed by atoms with van der Waals surface area (Å²) in [5.41, 5.74) is 1.32. The summed E-state index contributed by atoms with van der Waals surface area (Å²) in [5.74, 6) is 1.38. The number of ether oxygens (including phenoxy) is 3. The molecule has 0 saturated heterocycles. The maximum absolute atomic E-state index is 12.5. The molecule has 150 valence electrons. The molecule has 8 heteroatoms. The van der Waals surface area contributed by atoms with Crippen molar-refractivity contribution in [2.75, 3.05) is 13.2 Å². The number of rotatable bonds is 6. The topological polar surface area (TPSA) is 68.8 Å². The molecule has 1 aliphatic rings. The van der Waals surface area contributed by atoms with Crippen molar-refractivity contribution < 1.29 is 27.8 Å². The van der Waals surface area contributed by atoms with Crippen molar-refractivity contribution in [3.05, 3.63) is 53.6 Å². The summed E-state index contributed by atoms with van der Waals surface area (Å²) in [6.45, 7) is 0.169. The van der Waals surface area contributed by atoms with Crippen molar-refractivity contribution in [2.24, 2.45) is 0 Å². The molecule has 1 unspecified atom stereocenters. The molecule has 1 aliphatic heterocycles. The van der Waals surface area contributed by atoms with Crippen LogP contribution in [0, 0.1) is 0 Å². The van der Waals surface area contributed by atoms with E-state index in [0.717, 1.165) is 12.0 Å². The molecule has 0 radical (unpaired) electrons. The molecule has 0 bridgehead atoms. The van der Waals surface area contributed by atoms with E-state index in [4.69, 9.17) is 9.47 Å². The predicted octanol–water partition coefficient (Wildman–Crippen LogP) is 4.01. The lowest BCUT2D eigenvalue weighted by Gasteiger charge is -2.17. The largest absolute Gasteiger partial charge is 0.490 e. The Hall–Kier alpha value is -3.03. The summed E-state index contributed by atoms with van der Waals surface area (Å²) in [4.78, 5) is 12.2. The van der Waals surface area contributed by atoms with Crippen LogP contribution in [0.1, 0.15) is 30.5 Å². The van der Waals surface area contributed by atoms with E-state index >= 15 is 0 Å². The molecule has 3 rings (SSSR count). The van der Waals surface area contributed by atoms with Crippen LogP contribution in [0.5, 0.6) is 17.2 Å². The quantitative estimate of drug-likeness (QED) is 0.780. The van der Waals surface area contributed by atoms with Gasteiger partial charge in [0.25, 0.3) is 0 Å². The second-order valence-electron chi connectivity index (χ2n) is 6.29. The van der Waals surface area contributed by atoms with Gasteiger partial charge in [0.2, 0.25) is 0 Å². The molecule has 1 heterocycles. The molecule has 2 amide bonds. The monoisotopic (exact) mass is 392 g/mol. The second-order valence-corrected chi connectivity index (χ2v) is 6.29. The van der Waals surface area contributed by atoms with Gasteiger partial charge in [-0.15, -0.1) is 0 Å². The van der Waals surface area contributed by atoms with Gasteiger partial charge in [-0.3, -0.25) is 0 Å². The van der Waals surface area contributed by atoms with Gasteiger partial charge in [0, 0.05) is 18.5 Å². The van der Waals surface area contributed by atoms with Crippen molar-refractivity contribution in [2.45, 2.75) is 32.5 Å². The van der Waals surface area contributed by atoms with Crippen LogP contribution in [0.25, 0.3) is 0 Å². The molecular formula is C20H22F2N2O4. The SMILES string of the molecule is CC(NC(=O)NCc1ccccc1OC(F)F)c1ccc2c(c1)OCCCO2. The van der Waals surface area contributed by atoms with Gasteiger partial charge in [-0.05, 0) is 30.7 Å². The molecule has 2 N–H and O–H groups in total. The van der Waals surface area contributed by atoms with Gasteiger partial charge in [-0.1, -0.05) is 24.3 Å². The van der Waals surface area contributed by atoms with Crippen molar-refractivity contribution in [1.29, 1.82) is 0 Å². The zero-order valence-electron chi connectivity index (χ0n) is 15.4. The van der Waals surface area contributed by atoms with Crippen LogP contribution < -0.4 is 24.8 Å². The number of hydrogen-bond donors (Lipinski definition) is 2. The van der Waals surface area contributed by atoms with E-state index in [-0.39, 0.29) is 18.3 Å². The highest BCUT2D eigenvalue weighted by Crippen LogP contribution is 2.32. The lowest BCUT2D eigenvalue weighted by atomic mass is 10.1. The summed E-state index contributed by atoms with van der Waals surface area (Å²) >= 11 is 0. The fraction of sp³-hybridized carbons (Fsp3) is 0.350. The first-order chi connectivity index (χ1) is 13.5. The number of alkyl halides is 2. The third kappa shape index (κ3) is 5.25. The number of hydrogen-bond acceptors (Lipinski definition) is 4. The average Bonchev–Trinajstić information content (AvgIpc) is 2.91. The number of halogens is 2. The summed E-state index contributed by atoms with van der Waals surface area (Å²) in [6, 6.07) is 11.1. The Labute approximate surface area is 161 Å². The fourth-order valence-corrected chi connectivity index (χ4v) is 2.82. The van der Waals surface area contributed by atoms with Gasteiger partial charge < -0.3 is 24.8 Å².